The lowest BCUT2D eigenvalue weighted by Gasteiger charge is -2.10. The maximum Gasteiger partial charge on any atom is 0.274 e. The summed E-state index contributed by atoms with van der Waals surface area (Å²) in [5.74, 6) is -0.195. The number of nitrogens with zero attached hydrogens (tertiary/aromatic N) is 2. The second-order valence-corrected chi connectivity index (χ2v) is 4.00. The molecule has 0 aliphatic rings. The van der Waals surface area contributed by atoms with Crippen LogP contribution in [0.4, 0.5) is 5.95 Å². The molecule has 7 nitrogen and oxygen atoms in total. The van der Waals surface area contributed by atoms with E-state index < -0.39 is 5.91 Å². The molecule has 1 heterocycles. The van der Waals surface area contributed by atoms with Crippen molar-refractivity contribution in [2.45, 2.75) is 6.92 Å². The molecule has 1 amide bonds. The van der Waals surface area contributed by atoms with E-state index in [2.05, 4.69) is 10.3 Å². The molecule has 0 saturated heterocycles. The number of hydroxylamine groups is 1. The van der Waals surface area contributed by atoms with Gasteiger partial charge in [0, 0.05) is 19.2 Å². The quantitative estimate of drug-likeness (QED) is 0.552. The Bertz CT molecular complexity index is 693. The Labute approximate surface area is 108 Å². The van der Waals surface area contributed by atoms with E-state index in [9.17, 15) is 9.59 Å². The molecular formula is C12H14N4O3. The van der Waals surface area contributed by atoms with Gasteiger partial charge in [-0.25, -0.2) is 10.5 Å². The number of carbonyl (C=O) groups is 1. The average Bonchev–Trinajstić information content (AvgIpc) is 2.43. The van der Waals surface area contributed by atoms with E-state index in [1.807, 2.05) is 6.92 Å². The first-order valence-electron chi connectivity index (χ1n) is 5.77. The first-order valence-corrected chi connectivity index (χ1v) is 5.77. The number of rotatable bonds is 3. The molecule has 19 heavy (non-hydrogen) atoms. The zero-order chi connectivity index (χ0) is 14.0. The van der Waals surface area contributed by atoms with Crippen LogP contribution in [-0.4, -0.2) is 27.2 Å². The maximum absolute atomic E-state index is 12.2. The van der Waals surface area contributed by atoms with Crippen LogP contribution >= 0.6 is 0 Å². The molecule has 2 aromatic rings. The molecule has 0 fully saturated rings. The van der Waals surface area contributed by atoms with Gasteiger partial charge in [-0.3, -0.25) is 19.4 Å². The van der Waals surface area contributed by atoms with Crippen LogP contribution in [0.5, 0.6) is 0 Å². The van der Waals surface area contributed by atoms with E-state index in [-0.39, 0.29) is 11.1 Å². The third-order valence-corrected chi connectivity index (χ3v) is 2.77. The molecule has 0 bridgehead atoms. The van der Waals surface area contributed by atoms with Gasteiger partial charge < -0.3 is 5.32 Å². The Hall–Kier alpha value is -2.41. The van der Waals surface area contributed by atoms with Crippen molar-refractivity contribution in [1.29, 1.82) is 0 Å². The van der Waals surface area contributed by atoms with Crippen LogP contribution in [0.2, 0.25) is 0 Å². The SMILES string of the molecule is CCNc1nc2ccc(C(=O)NO)cc2c(=O)n1C. The molecule has 0 radical (unpaired) electrons. The zero-order valence-corrected chi connectivity index (χ0v) is 10.6. The summed E-state index contributed by atoms with van der Waals surface area (Å²) in [5.41, 5.74) is 1.97. The van der Waals surface area contributed by atoms with Crippen LogP contribution < -0.4 is 16.4 Å². The third kappa shape index (κ3) is 2.27. The van der Waals surface area contributed by atoms with Gasteiger partial charge in [0.1, 0.15) is 0 Å². The topological polar surface area (TPSA) is 96.2 Å². The van der Waals surface area contributed by atoms with Crippen LogP contribution in [0.25, 0.3) is 10.9 Å². The van der Waals surface area contributed by atoms with Crippen LogP contribution in [0, 0.1) is 0 Å². The van der Waals surface area contributed by atoms with Crippen molar-refractivity contribution >= 4 is 22.8 Å². The van der Waals surface area contributed by atoms with Crippen molar-refractivity contribution < 1.29 is 10.0 Å². The van der Waals surface area contributed by atoms with Gasteiger partial charge in [0.15, 0.2) is 0 Å². The Morgan fingerprint density at radius 3 is 2.84 bits per heavy atom. The van der Waals surface area contributed by atoms with Crippen molar-refractivity contribution in [2.75, 3.05) is 11.9 Å². The highest BCUT2D eigenvalue weighted by Crippen LogP contribution is 2.13. The van der Waals surface area contributed by atoms with Gasteiger partial charge in [0.05, 0.1) is 10.9 Å². The van der Waals surface area contributed by atoms with Gasteiger partial charge in [-0.2, -0.15) is 0 Å². The molecular weight excluding hydrogens is 248 g/mol. The highest BCUT2D eigenvalue weighted by atomic mass is 16.5. The first kappa shape index (κ1) is 13.0. The first-order chi connectivity index (χ1) is 9.08. The zero-order valence-electron chi connectivity index (χ0n) is 10.6. The Morgan fingerprint density at radius 2 is 2.21 bits per heavy atom. The number of anilines is 1. The van der Waals surface area contributed by atoms with E-state index in [0.717, 1.165) is 0 Å². The third-order valence-electron chi connectivity index (χ3n) is 2.77. The maximum atomic E-state index is 12.2. The standard InChI is InChI=1S/C12H14N4O3/c1-3-13-12-14-9-5-4-7(10(17)15-19)6-8(9)11(18)16(12)2/h4-6,19H,3H2,1-2H3,(H,13,14)(H,15,17). The van der Waals surface area contributed by atoms with Gasteiger partial charge in [-0.1, -0.05) is 0 Å². The van der Waals surface area contributed by atoms with Crippen molar-refractivity contribution in [1.82, 2.24) is 15.0 Å². The summed E-state index contributed by atoms with van der Waals surface area (Å²) in [4.78, 5) is 27.8. The predicted octanol–water partition coefficient (Wildman–Crippen LogP) is 0.484. The Balaban J connectivity index is 2.68. The number of amides is 1. The van der Waals surface area contributed by atoms with Gasteiger partial charge in [-0.05, 0) is 25.1 Å². The summed E-state index contributed by atoms with van der Waals surface area (Å²) in [7, 11) is 1.60. The molecule has 100 valence electrons. The minimum absolute atomic E-state index is 0.199. The molecule has 1 aromatic carbocycles. The lowest BCUT2D eigenvalue weighted by Crippen LogP contribution is -2.23. The number of nitrogens with one attached hydrogen (secondary N) is 2. The predicted molar refractivity (Wildman–Crippen MR) is 70.4 cm³/mol. The lowest BCUT2D eigenvalue weighted by atomic mass is 10.1. The number of aromatic nitrogens is 2. The van der Waals surface area contributed by atoms with Crippen molar-refractivity contribution in [3.05, 3.63) is 34.1 Å². The van der Waals surface area contributed by atoms with Gasteiger partial charge in [0.2, 0.25) is 5.95 Å². The molecule has 2 rings (SSSR count). The fourth-order valence-corrected chi connectivity index (χ4v) is 1.79. The van der Waals surface area contributed by atoms with E-state index in [4.69, 9.17) is 5.21 Å². The summed E-state index contributed by atoms with van der Waals surface area (Å²) < 4.78 is 1.38. The monoisotopic (exact) mass is 262 g/mol. The average molecular weight is 262 g/mol. The molecule has 1 aromatic heterocycles. The van der Waals surface area contributed by atoms with Gasteiger partial charge in [0.25, 0.3) is 11.5 Å². The number of hydrogen-bond donors (Lipinski definition) is 3. The second-order valence-electron chi connectivity index (χ2n) is 4.00. The minimum Gasteiger partial charge on any atom is -0.356 e. The highest BCUT2D eigenvalue weighted by Gasteiger charge is 2.11. The number of benzene rings is 1. The smallest absolute Gasteiger partial charge is 0.274 e. The molecule has 0 saturated carbocycles. The lowest BCUT2D eigenvalue weighted by molar-refractivity contribution is 0.0706. The highest BCUT2D eigenvalue weighted by molar-refractivity contribution is 5.97. The van der Waals surface area contributed by atoms with Crippen LogP contribution in [-0.2, 0) is 7.05 Å². The fourth-order valence-electron chi connectivity index (χ4n) is 1.79. The minimum atomic E-state index is -0.667. The van der Waals surface area contributed by atoms with Crippen molar-refractivity contribution in [3.8, 4) is 0 Å². The summed E-state index contributed by atoms with van der Waals surface area (Å²) >= 11 is 0. The van der Waals surface area contributed by atoms with Crippen LogP contribution in [0.3, 0.4) is 0 Å². The summed E-state index contributed by atoms with van der Waals surface area (Å²) in [6.07, 6.45) is 0. The molecule has 3 N–H and O–H groups in total. The van der Waals surface area contributed by atoms with E-state index in [0.29, 0.717) is 23.4 Å². The van der Waals surface area contributed by atoms with Gasteiger partial charge >= 0.3 is 0 Å². The molecule has 0 aliphatic carbocycles. The molecule has 0 aliphatic heterocycles. The fraction of sp³-hybridized carbons (Fsp3) is 0.250. The molecule has 7 heteroatoms. The number of fused-ring (bicyclic) bond motifs is 1. The van der Waals surface area contributed by atoms with Gasteiger partial charge in [-0.15, -0.1) is 0 Å². The van der Waals surface area contributed by atoms with Crippen molar-refractivity contribution in [2.24, 2.45) is 7.05 Å². The summed E-state index contributed by atoms with van der Waals surface area (Å²) in [5, 5.41) is 11.9. The molecule has 0 unspecified atom stereocenters. The number of carbonyl (C=O) groups excluding carboxylic acids is 1. The van der Waals surface area contributed by atoms with E-state index in [1.54, 1.807) is 13.1 Å². The van der Waals surface area contributed by atoms with Crippen LogP contribution in [0.15, 0.2) is 23.0 Å². The Kier molecular flexibility index (Phi) is 3.48. The molecule has 0 spiro atoms. The van der Waals surface area contributed by atoms with E-state index >= 15 is 0 Å². The molecule has 0 atom stereocenters. The number of hydrogen-bond acceptors (Lipinski definition) is 5. The van der Waals surface area contributed by atoms with E-state index in [1.165, 1.54) is 22.2 Å². The Morgan fingerprint density at radius 1 is 1.47 bits per heavy atom. The normalized spacial score (nSPS) is 10.5. The van der Waals surface area contributed by atoms with Crippen LogP contribution in [0.1, 0.15) is 17.3 Å². The second kappa shape index (κ2) is 5.07. The largest absolute Gasteiger partial charge is 0.356 e. The summed E-state index contributed by atoms with van der Waals surface area (Å²) in [6, 6.07) is 4.48. The van der Waals surface area contributed by atoms with Crippen molar-refractivity contribution in [3.63, 3.8) is 0 Å². The summed E-state index contributed by atoms with van der Waals surface area (Å²) in [6.45, 7) is 2.56.